The highest BCUT2D eigenvalue weighted by atomic mass is 32.2. The predicted octanol–water partition coefficient (Wildman–Crippen LogP) is 7.31. The second-order valence-electron chi connectivity index (χ2n) is 9.98. The Labute approximate surface area is 287 Å². The third kappa shape index (κ3) is 22.3. The number of carboxylic acid groups (broad SMARTS) is 1. The van der Waals surface area contributed by atoms with Crippen LogP contribution in [0, 0.1) is 12.7 Å². The fourth-order valence-electron chi connectivity index (χ4n) is 3.99. The summed E-state index contributed by atoms with van der Waals surface area (Å²) in [5, 5.41) is 39.7. The molecule has 0 spiro atoms. The van der Waals surface area contributed by atoms with Crippen molar-refractivity contribution in [1.29, 1.82) is 0 Å². The van der Waals surface area contributed by atoms with Gasteiger partial charge in [0.05, 0.1) is 37.0 Å². The van der Waals surface area contributed by atoms with Crippen molar-refractivity contribution in [3.63, 3.8) is 0 Å². The summed E-state index contributed by atoms with van der Waals surface area (Å²) in [6, 6.07) is 5.93. The number of carbonyl (C=O) groups is 2. The molecular formula is C36H62FN3O6S. The molecule has 0 radical (unpaired) electrons. The van der Waals surface area contributed by atoms with Gasteiger partial charge in [0, 0.05) is 17.8 Å². The van der Waals surface area contributed by atoms with Crippen LogP contribution in [0.4, 0.5) is 4.39 Å². The number of allylic oxidation sites excluding steroid dienone is 2. The Balaban J connectivity index is -0.000000761. The van der Waals surface area contributed by atoms with E-state index in [1.165, 1.54) is 17.0 Å². The highest BCUT2D eigenvalue weighted by Gasteiger charge is 2.18. The zero-order valence-corrected chi connectivity index (χ0v) is 31.2. The van der Waals surface area contributed by atoms with Crippen molar-refractivity contribution in [3.8, 4) is 11.4 Å². The number of aryl methyl sites for hydroxylation is 1. The van der Waals surface area contributed by atoms with Crippen molar-refractivity contribution < 1.29 is 34.4 Å². The number of aromatic nitrogens is 2. The van der Waals surface area contributed by atoms with Crippen LogP contribution in [0.15, 0.2) is 47.4 Å². The Bertz CT molecular complexity index is 1140. The van der Waals surface area contributed by atoms with Crippen LogP contribution < -0.4 is 5.32 Å². The summed E-state index contributed by atoms with van der Waals surface area (Å²) in [7, 11) is 0. The number of aliphatic hydroxyl groups excluding tert-OH is 3. The zero-order chi connectivity index (χ0) is 36.9. The Hall–Kier alpha value is -2.99. The van der Waals surface area contributed by atoms with Gasteiger partial charge in [-0.1, -0.05) is 59.8 Å². The summed E-state index contributed by atoms with van der Waals surface area (Å²) in [5.41, 5.74) is 3.74. The van der Waals surface area contributed by atoms with Gasteiger partial charge in [-0.05, 0) is 88.3 Å². The fourth-order valence-corrected chi connectivity index (χ4v) is 4.23. The molecule has 0 aliphatic rings. The monoisotopic (exact) mass is 683 g/mol. The van der Waals surface area contributed by atoms with Gasteiger partial charge in [0.1, 0.15) is 11.6 Å². The Morgan fingerprint density at radius 2 is 1.68 bits per heavy atom. The number of halogens is 1. The number of rotatable bonds is 16. The Morgan fingerprint density at radius 1 is 1.11 bits per heavy atom. The summed E-state index contributed by atoms with van der Waals surface area (Å²) in [6.45, 7) is 22.3. The first-order valence-electron chi connectivity index (χ1n) is 16.4. The van der Waals surface area contributed by atoms with E-state index in [9.17, 15) is 24.2 Å². The number of hydrogen-bond acceptors (Lipinski definition) is 7. The van der Waals surface area contributed by atoms with Crippen LogP contribution in [-0.2, 0) is 22.6 Å². The average molecular weight is 684 g/mol. The Kier molecular flexibility index (Phi) is 31.3. The topological polar surface area (TPSA) is 145 Å². The molecule has 0 aliphatic carbocycles. The van der Waals surface area contributed by atoms with Gasteiger partial charge >= 0.3 is 5.97 Å². The molecule has 1 aromatic carbocycles. The van der Waals surface area contributed by atoms with Crippen LogP contribution >= 0.6 is 11.8 Å². The molecule has 0 saturated heterocycles. The normalized spacial score (nSPS) is 12.2. The van der Waals surface area contributed by atoms with Gasteiger partial charge in [-0.25, -0.2) is 9.37 Å². The van der Waals surface area contributed by atoms with Crippen LogP contribution in [0.2, 0.25) is 0 Å². The molecule has 1 amide bonds. The number of benzene rings is 1. The number of nitrogens with zero attached hydrogens (tertiary/aromatic N) is 2. The van der Waals surface area contributed by atoms with E-state index in [-0.39, 0.29) is 31.3 Å². The molecule has 0 bridgehead atoms. The molecular weight excluding hydrogens is 621 g/mol. The molecule has 3 unspecified atom stereocenters. The number of aliphatic carboxylic acids is 1. The standard InChI is InChI=1S/C19H25FN2O4.C8H15NO2.C5H10S.2C2H6/c1-3-17-12(2)21-19(13-4-6-14(20)7-5-13)22(17)9-8-15(23)10-16(24)11-18(25)26;1-3-7(2)4-8(5-10)9-6-11;1-4-5(2)6-3;2*1-2/h4-7,15-16,23-24H,3,8-11H2,1-2H3,(H,25,26);6,8,10H,2-5H2,1H3,(H,9,11);4H,1-3H3;2*1-2H3/b;;5-4+;;. The lowest BCUT2D eigenvalue weighted by atomic mass is 10.1. The molecule has 1 heterocycles. The number of amides is 1. The van der Waals surface area contributed by atoms with E-state index < -0.39 is 18.2 Å². The molecule has 1 aromatic heterocycles. The van der Waals surface area contributed by atoms with Crippen molar-refractivity contribution in [2.24, 2.45) is 0 Å². The van der Waals surface area contributed by atoms with Gasteiger partial charge in [0.15, 0.2) is 0 Å². The van der Waals surface area contributed by atoms with E-state index in [1.54, 1.807) is 23.9 Å². The third-order valence-corrected chi connectivity index (χ3v) is 7.52. The van der Waals surface area contributed by atoms with E-state index in [4.69, 9.17) is 10.2 Å². The van der Waals surface area contributed by atoms with Gasteiger partial charge in [-0.3, -0.25) is 9.59 Å². The van der Waals surface area contributed by atoms with Crippen LogP contribution in [0.5, 0.6) is 0 Å². The number of imidazole rings is 1. The Morgan fingerprint density at radius 3 is 2.09 bits per heavy atom. The van der Waals surface area contributed by atoms with E-state index in [1.807, 2.05) is 60.0 Å². The van der Waals surface area contributed by atoms with Crippen molar-refractivity contribution in [2.45, 2.75) is 126 Å². The summed E-state index contributed by atoms with van der Waals surface area (Å²) >= 11 is 1.79. The molecule has 2 aromatic rings. The number of carboxylic acids is 1. The lowest BCUT2D eigenvalue weighted by molar-refractivity contribution is -0.139. The van der Waals surface area contributed by atoms with E-state index in [0.717, 1.165) is 35.4 Å². The van der Waals surface area contributed by atoms with E-state index in [2.05, 4.69) is 36.1 Å². The highest BCUT2D eigenvalue weighted by Crippen LogP contribution is 2.24. The third-order valence-electron chi connectivity index (χ3n) is 6.64. The molecule has 47 heavy (non-hydrogen) atoms. The molecule has 0 aliphatic heterocycles. The maximum absolute atomic E-state index is 13.2. The number of carbonyl (C=O) groups excluding carboxylic acids is 1. The second kappa shape index (κ2) is 30.4. The molecule has 0 saturated carbocycles. The molecule has 9 nitrogen and oxygen atoms in total. The van der Waals surface area contributed by atoms with Gasteiger partial charge in [-0.15, -0.1) is 11.8 Å². The molecule has 5 N–H and O–H groups in total. The minimum absolute atomic E-state index is 0.00726. The predicted molar refractivity (Wildman–Crippen MR) is 195 cm³/mol. The van der Waals surface area contributed by atoms with Crippen molar-refractivity contribution in [2.75, 3.05) is 12.9 Å². The lowest BCUT2D eigenvalue weighted by Gasteiger charge is -2.17. The highest BCUT2D eigenvalue weighted by molar-refractivity contribution is 8.02. The molecule has 0 fully saturated rings. The van der Waals surface area contributed by atoms with Gasteiger partial charge in [0.2, 0.25) is 6.41 Å². The van der Waals surface area contributed by atoms with E-state index in [0.29, 0.717) is 31.6 Å². The van der Waals surface area contributed by atoms with Crippen molar-refractivity contribution in [3.05, 3.63) is 64.6 Å². The van der Waals surface area contributed by atoms with Gasteiger partial charge < -0.3 is 30.3 Å². The largest absolute Gasteiger partial charge is 0.481 e. The first-order chi connectivity index (χ1) is 22.4. The van der Waals surface area contributed by atoms with Crippen LogP contribution in [-0.4, -0.2) is 73.5 Å². The zero-order valence-electron chi connectivity index (χ0n) is 30.3. The molecule has 3 atom stereocenters. The smallest absolute Gasteiger partial charge is 0.305 e. The summed E-state index contributed by atoms with van der Waals surface area (Å²) in [5.74, 6) is -0.707. The number of nitrogens with one attached hydrogen (secondary N) is 1. The molecule has 11 heteroatoms. The average Bonchev–Trinajstić information content (AvgIpc) is 3.39. The SMILES string of the molecule is C/C=C(\C)SC.C=C(CC)CC(CO)NC=O.CC.CC.CCc1c(C)nc(-c2ccc(F)cc2)n1CCC(O)CC(O)CC(=O)O. The van der Waals surface area contributed by atoms with Crippen LogP contribution in [0.25, 0.3) is 11.4 Å². The quantitative estimate of drug-likeness (QED) is 0.0915. The summed E-state index contributed by atoms with van der Waals surface area (Å²) in [6.07, 6.45) is 5.17. The van der Waals surface area contributed by atoms with Crippen molar-refractivity contribution >= 4 is 24.1 Å². The summed E-state index contributed by atoms with van der Waals surface area (Å²) in [4.78, 5) is 26.6. The number of thioether (sulfide) groups is 1. The fraction of sp³-hybridized carbons (Fsp3) is 0.583. The maximum Gasteiger partial charge on any atom is 0.305 e. The van der Waals surface area contributed by atoms with Gasteiger partial charge in [0.25, 0.3) is 0 Å². The van der Waals surface area contributed by atoms with Gasteiger partial charge in [-0.2, -0.15) is 0 Å². The lowest BCUT2D eigenvalue weighted by Crippen LogP contribution is -2.31. The first-order valence-corrected chi connectivity index (χ1v) is 17.6. The van der Waals surface area contributed by atoms with Crippen molar-refractivity contribution in [1.82, 2.24) is 14.9 Å². The van der Waals surface area contributed by atoms with E-state index >= 15 is 0 Å². The molecule has 270 valence electrons. The minimum Gasteiger partial charge on any atom is -0.481 e. The van der Waals surface area contributed by atoms with Crippen LogP contribution in [0.1, 0.15) is 98.9 Å². The maximum atomic E-state index is 13.2. The minimum atomic E-state index is -1.10. The van der Waals surface area contributed by atoms with Crippen LogP contribution in [0.3, 0.4) is 0 Å². The second-order valence-corrected chi connectivity index (χ2v) is 11.0. The molecule has 2 rings (SSSR count). The summed E-state index contributed by atoms with van der Waals surface area (Å²) < 4.78 is 15.2. The number of hydrogen-bond donors (Lipinski definition) is 5. The first kappa shape index (κ1) is 48.4. The number of aliphatic hydroxyl groups is 3.